The summed E-state index contributed by atoms with van der Waals surface area (Å²) in [6.45, 7) is 13.8. The molecule has 0 saturated carbocycles. The van der Waals surface area contributed by atoms with Gasteiger partial charge in [0.25, 0.3) is 0 Å². The summed E-state index contributed by atoms with van der Waals surface area (Å²) in [4.78, 5) is 14.6. The van der Waals surface area contributed by atoms with Crippen molar-refractivity contribution in [3.05, 3.63) is 71.8 Å². The van der Waals surface area contributed by atoms with Gasteiger partial charge in [-0.1, -0.05) is 81.4 Å². The van der Waals surface area contributed by atoms with Crippen molar-refractivity contribution in [3.63, 3.8) is 0 Å². The van der Waals surface area contributed by atoms with Gasteiger partial charge in [-0.25, -0.2) is 4.79 Å². The van der Waals surface area contributed by atoms with E-state index in [0.717, 1.165) is 24.0 Å². The largest absolute Gasteiger partial charge is 0.459 e. The van der Waals surface area contributed by atoms with Crippen molar-refractivity contribution < 1.29 is 18.4 Å². The molecule has 2 aromatic rings. The molecular weight excluding hydrogens is 462 g/mol. The van der Waals surface area contributed by atoms with E-state index in [1.165, 1.54) is 43.3 Å². The number of ether oxygens (including phenoxy) is 1. The van der Waals surface area contributed by atoms with E-state index in [9.17, 15) is 4.79 Å². The number of esters is 1. The molecule has 1 spiro atoms. The molecule has 3 heterocycles. The highest BCUT2D eigenvalue weighted by Gasteiger charge is 2.57. The summed E-state index contributed by atoms with van der Waals surface area (Å²) in [6.07, 6.45) is 7.20. The third kappa shape index (κ3) is 4.27. The first-order valence-corrected chi connectivity index (χ1v) is 16.9. The highest BCUT2D eigenvalue weighted by molar-refractivity contribution is 6.74. The Morgan fingerprint density at radius 2 is 1.31 bits per heavy atom. The quantitative estimate of drug-likeness (QED) is 0.246. The Balaban J connectivity index is 1.52. The van der Waals surface area contributed by atoms with Crippen LogP contribution in [0.5, 0.6) is 0 Å². The third-order valence-corrected chi connectivity index (χ3v) is 14.3. The first-order valence-electron chi connectivity index (χ1n) is 14.0. The lowest BCUT2D eigenvalue weighted by Crippen LogP contribution is -2.60. The van der Waals surface area contributed by atoms with E-state index in [2.05, 4.69) is 33.9 Å². The number of nitrogens with zero attached hydrogens (tertiary/aromatic N) is 1. The molecule has 0 aliphatic carbocycles. The zero-order valence-electron chi connectivity index (χ0n) is 22.8. The average molecular weight is 507 g/mol. The Labute approximate surface area is 218 Å². The fourth-order valence-electron chi connectivity index (χ4n) is 6.98. The van der Waals surface area contributed by atoms with E-state index in [-0.39, 0.29) is 17.1 Å². The van der Waals surface area contributed by atoms with Gasteiger partial charge in [-0.15, -0.1) is 0 Å². The topological polar surface area (TPSA) is 35.5 Å². The summed E-state index contributed by atoms with van der Waals surface area (Å²) in [6, 6.07) is 21.4. The van der Waals surface area contributed by atoms with Gasteiger partial charge in [0.2, 0.25) is 5.60 Å². The van der Waals surface area contributed by atoms with Gasteiger partial charge in [-0.2, -0.15) is 0 Å². The minimum absolute atomic E-state index is 0.0332. The molecule has 2 atom stereocenters. The van der Waals surface area contributed by atoms with Gasteiger partial charge in [0.15, 0.2) is 8.32 Å². The van der Waals surface area contributed by atoms with Crippen LogP contribution in [0.2, 0.25) is 18.1 Å². The molecular formula is C31H44NO3Si+. The molecule has 0 amide bonds. The minimum atomic E-state index is -2.38. The Morgan fingerprint density at radius 1 is 0.833 bits per heavy atom. The van der Waals surface area contributed by atoms with E-state index in [4.69, 9.17) is 9.16 Å². The maximum absolute atomic E-state index is 14.6. The number of piperidine rings is 1. The Kier molecular flexibility index (Phi) is 6.72. The molecule has 5 heteroatoms. The number of carbonyl (C=O) groups is 1. The maximum atomic E-state index is 14.6. The summed E-state index contributed by atoms with van der Waals surface area (Å²) in [5, 5.41) is -0.0572. The van der Waals surface area contributed by atoms with E-state index < -0.39 is 13.9 Å². The van der Waals surface area contributed by atoms with Crippen LogP contribution in [0.1, 0.15) is 70.4 Å². The van der Waals surface area contributed by atoms with Crippen LogP contribution in [-0.4, -0.2) is 50.0 Å². The van der Waals surface area contributed by atoms with Crippen molar-refractivity contribution >= 4 is 14.3 Å². The minimum Gasteiger partial charge on any atom is -0.459 e. The van der Waals surface area contributed by atoms with Gasteiger partial charge in [0.05, 0.1) is 25.2 Å². The van der Waals surface area contributed by atoms with E-state index in [1.807, 2.05) is 60.7 Å². The third-order valence-electron chi connectivity index (χ3n) is 9.89. The van der Waals surface area contributed by atoms with Crippen LogP contribution in [0.3, 0.4) is 0 Å². The lowest BCUT2D eigenvalue weighted by atomic mass is 9.86. The summed E-state index contributed by atoms with van der Waals surface area (Å²) in [7, 11) is -2.38. The van der Waals surface area contributed by atoms with E-state index >= 15 is 0 Å². The van der Waals surface area contributed by atoms with Crippen LogP contribution in [-0.2, 0) is 19.6 Å². The number of hydrogen-bond donors (Lipinski definition) is 0. The fourth-order valence-corrected chi connectivity index (χ4v) is 8.38. The number of hydrogen-bond acceptors (Lipinski definition) is 3. The van der Waals surface area contributed by atoms with Crippen LogP contribution < -0.4 is 0 Å². The van der Waals surface area contributed by atoms with Gasteiger partial charge in [-0.3, -0.25) is 0 Å². The highest BCUT2D eigenvalue weighted by atomic mass is 28.4. The van der Waals surface area contributed by atoms with Crippen LogP contribution in [0.4, 0.5) is 0 Å². The molecule has 0 aromatic heterocycles. The second-order valence-corrected chi connectivity index (χ2v) is 17.6. The summed E-state index contributed by atoms with van der Waals surface area (Å²) in [5.74, 6) is -0.246. The molecule has 3 aliphatic heterocycles. The normalized spacial score (nSPS) is 25.8. The van der Waals surface area contributed by atoms with Crippen LogP contribution in [0, 0.1) is 0 Å². The smallest absolute Gasteiger partial charge is 0.347 e. The van der Waals surface area contributed by atoms with Crippen molar-refractivity contribution in [2.45, 2.75) is 101 Å². The molecule has 3 aliphatic rings. The van der Waals surface area contributed by atoms with Crippen molar-refractivity contribution in [1.29, 1.82) is 0 Å². The van der Waals surface area contributed by atoms with Gasteiger partial charge >= 0.3 is 5.97 Å². The Bertz CT molecular complexity index is 1000. The van der Waals surface area contributed by atoms with Crippen molar-refractivity contribution in [2.75, 3.05) is 13.1 Å². The number of carbonyl (C=O) groups excluding carboxylic acids is 1. The Morgan fingerprint density at radius 3 is 1.75 bits per heavy atom. The fraction of sp³-hybridized carbons (Fsp3) is 0.581. The van der Waals surface area contributed by atoms with E-state index in [1.54, 1.807) is 0 Å². The summed E-state index contributed by atoms with van der Waals surface area (Å²) < 4.78 is 15.0. The molecule has 2 aromatic carbocycles. The van der Waals surface area contributed by atoms with Gasteiger partial charge in [-0.05, 0) is 29.3 Å². The first kappa shape index (κ1) is 25.7. The summed E-state index contributed by atoms with van der Waals surface area (Å²) >= 11 is 0. The van der Waals surface area contributed by atoms with Crippen molar-refractivity contribution in [1.82, 2.24) is 0 Å². The molecule has 0 N–H and O–H groups in total. The van der Waals surface area contributed by atoms with Gasteiger partial charge < -0.3 is 13.6 Å². The molecule has 2 bridgehead atoms. The molecule has 3 fully saturated rings. The molecule has 3 saturated heterocycles. The molecule has 0 radical (unpaired) electrons. The maximum Gasteiger partial charge on any atom is 0.347 e. The van der Waals surface area contributed by atoms with Gasteiger partial charge in [0.1, 0.15) is 6.10 Å². The standard InChI is InChI=1S/C31H44NO3Si/c1-30(2,3)36(4,5)35-31(24-14-8-6-9-15-24,25-16-10-7-11-17-25)29(33)34-28-22-26-18-19-27(23-28)32(26)20-12-13-21-32/h6-11,14-17,26-28H,12-13,18-23H2,1-5H3/q+1. The monoisotopic (exact) mass is 506 g/mol. The predicted octanol–water partition coefficient (Wildman–Crippen LogP) is 6.80. The number of benzene rings is 2. The zero-order chi connectivity index (χ0) is 25.6. The second-order valence-electron chi connectivity index (χ2n) is 12.9. The van der Waals surface area contributed by atoms with Crippen molar-refractivity contribution in [3.8, 4) is 0 Å². The van der Waals surface area contributed by atoms with Crippen LogP contribution in [0.25, 0.3) is 0 Å². The number of quaternary nitrogens is 1. The summed E-state index contributed by atoms with van der Waals surface area (Å²) in [5.41, 5.74) is 0.433. The Hall–Kier alpha value is -1.95. The SMILES string of the molecule is CC(C)(C)[Si](C)(C)OC(C(=O)OC1CC2CCC(C1)[N+]21CCCC1)(c1ccccc1)c1ccccc1. The molecule has 36 heavy (non-hydrogen) atoms. The molecule has 4 nitrogen and oxygen atoms in total. The molecule has 5 rings (SSSR count). The predicted molar refractivity (Wildman–Crippen MR) is 147 cm³/mol. The lowest BCUT2D eigenvalue weighted by Gasteiger charge is -2.48. The highest BCUT2D eigenvalue weighted by Crippen LogP contribution is 2.48. The number of rotatable bonds is 6. The first-order chi connectivity index (χ1) is 17.1. The van der Waals surface area contributed by atoms with E-state index in [0.29, 0.717) is 12.1 Å². The van der Waals surface area contributed by atoms with Crippen LogP contribution in [0.15, 0.2) is 60.7 Å². The molecule has 194 valence electrons. The average Bonchev–Trinajstić information content (AvgIpc) is 3.39. The van der Waals surface area contributed by atoms with Crippen LogP contribution >= 0.6 is 0 Å². The zero-order valence-corrected chi connectivity index (χ0v) is 23.8. The molecule has 2 unspecified atom stereocenters. The van der Waals surface area contributed by atoms with Crippen molar-refractivity contribution in [2.24, 2.45) is 0 Å². The van der Waals surface area contributed by atoms with Gasteiger partial charge in [0, 0.05) is 38.5 Å². The lowest BCUT2D eigenvalue weighted by molar-refractivity contribution is -0.956. The second kappa shape index (κ2) is 9.41.